The van der Waals surface area contributed by atoms with Crippen LogP contribution in [0.25, 0.3) is 0 Å². The quantitative estimate of drug-likeness (QED) is 0.170. The number of aromatic nitrogens is 2. The van der Waals surface area contributed by atoms with Crippen LogP contribution >= 0.6 is 0 Å². The molecule has 0 aromatic carbocycles. The lowest BCUT2D eigenvalue weighted by Gasteiger charge is -2.61. The summed E-state index contributed by atoms with van der Waals surface area (Å²) in [5, 5.41) is 0. The molecule has 2 aliphatic rings. The molecule has 0 aliphatic carbocycles. The van der Waals surface area contributed by atoms with Crippen LogP contribution in [0.1, 0.15) is 83.8 Å². The fourth-order valence-corrected chi connectivity index (χ4v) is 7.77. The molecule has 10 nitrogen and oxygen atoms in total. The summed E-state index contributed by atoms with van der Waals surface area (Å²) in [6.45, 7) is 12.8. The van der Waals surface area contributed by atoms with Gasteiger partial charge in [0.15, 0.2) is 16.6 Å². The van der Waals surface area contributed by atoms with Crippen LogP contribution in [0.2, 0.25) is 0 Å². The van der Waals surface area contributed by atoms with E-state index in [0.717, 1.165) is 25.7 Å². The first-order valence-corrected chi connectivity index (χ1v) is 16.4. The number of esters is 2. The van der Waals surface area contributed by atoms with Gasteiger partial charge in [-0.05, 0) is 64.9 Å². The predicted molar refractivity (Wildman–Crippen MR) is 172 cm³/mol. The van der Waals surface area contributed by atoms with Crippen LogP contribution in [0.15, 0.2) is 48.8 Å². The number of unbranched alkanes of at least 4 members (excludes halogenated alkanes) is 3. The van der Waals surface area contributed by atoms with Gasteiger partial charge in [0.25, 0.3) is 0 Å². The highest BCUT2D eigenvalue weighted by Gasteiger charge is 2.75. The monoisotopic (exact) mass is 621 g/mol. The Kier molecular flexibility index (Phi) is 11.5. The maximum Gasteiger partial charge on any atom is 0.322 e. The number of pyridine rings is 2. The van der Waals surface area contributed by atoms with Crippen molar-refractivity contribution in [3.05, 3.63) is 60.2 Å². The number of carbonyl (C=O) groups is 3. The molecule has 2 bridgehead atoms. The fourth-order valence-electron chi connectivity index (χ4n) is 7.77. The molecule has 0 radical (unpaired) electrons. The maximum absolute atomic E-state index is 15.3. The zero-order valence-corrected chi connectivity index (χ0v) is 28.1. The van der Waals surface area contributed by atoms with Gasteiger partial charge in [-0.15, -0.1) is 0 Å². The number of piperidine rings is 2. The number of methoxy groups -OCH3 is 2. The lowest BCUT2D eigenvalue weighted by molar-refractivity contribution is -0.206. The van der Waals surface area contributed by atoms with Crippen LogP contribution in [0.3, 0.4) is 0 Å². The highest BCUT2D eigenvalue weighted by Crippen LogP contribution is 2.60. The molecule has 4 rings (SSSR count). The molecule has 4 atom stereocenters. The van der Waals surface area contributed by atoms with E-state index < -0.39 is 40.6 Å². The number of nitrogens with zero attached hydrogens (tertiary/aromatic N) is 5. The van der Waals surface area contributed by atoms with Crippen molar-refractivity contribution in [2.24, 2.45) is 10.8 Å². The highest BCUT2D eigenvalue weighted by atomic mass is 16.5. The molecule has 0 spiro atoms. The molecular formula is C35H51N5O5. The van der Waals surface area contributed by atoms with Gasteiger partial charge in [0, 0.05) is 50.7 Å². The van der Waals surface area contributed by atoms with E-state index in [4.69, 9.17) is 19.4 Å². The minimum absolute atomic E-state index is 0.100. The first-order valence-electron chi connectivity index (χ1n) is 16.4. The van der Waals surface area contributed by atoms with Crippen LogP contribution in [0.5, 0.6) is 0 Å². The Morgan fingerprint density at radius 1 is 0.844 bits per heavy atom. The summed E-state index contributed by atoms with van der Waals surface area (Å²) in [6.07, 6.45) is 7.25. The van der Waals surface area contributed by atoms with Crippen molar-refractivity contribution in [2.75, 3.05) is 46.9 Å². The summed E-state index contributed by atoms with van der Waals surface area (Å²) >= 11 is 0. The standard InChI is InChI=1S/C35H51N5O5/c1-8-9-10-15-20-40-29(27-16-11-13-18-36-27)34(32(42)44-6)23-38(21-22-39(25(2)3)26(4)5)24-35(31(34)41,33(43)45-7)30(40)28-17-12-14-19-37-28/h11-14,16-19,25-26,29-30H,8-10,15,20-24H2,1-7H3. The first-order chi connectivity index (χ1) is 21.6. The topological polar surface area (TPSA) is 105 Å². The van der Waals surface area contributed by atoms with Crippen molar-refractivity contribution in [3.63, 3.8) is 0 Å². The zero-order valence-electron chi connectivity index (χ0n) is 28.1. The number of carbonyl (C=O) groups excluding carboxylic acids is 3. The van der Waals surface area contributed by atoms with Crippen molar-refractivity contribution < 1.29 is 23.9 Å². The Morgan fingerprint density at radius 3 is 1.76 bits per heavy atom. The zero-order chi connectivity index (χ0) is 32.8. The fraction of sp³-hybridized carbons (Fsp3) is 0.629. The van der Waals surface area contributed by atoms with Crippen LogP contribution in [0.4, 0.5) is 0 Å². The number of hydrogen-bond donors (Lipinski definition) is 0. The summed E-state index contributed by atoms with van der Waals surface area (Å²) in [4.78, 5) is 60.0. The second-order valence-electron chi connectivity index (χ2n) is 13.0. The van der Waals surface area contributed by atoms with Crippen molar-refractivity contribution >= 4 is 17.7 Å². The molecule has 4 unspecified atom stereocenters. The van der Waals surface area contributed by atoms with Crippen molar-refractivity contribution in [1.82, 2.24) is 24.7 Å². The van der Waals surface area contributed by atoms with Crippen LogP contribution < -0.4 is 0 Å². The molecule has 2 saturated heterocycles. The molecule has 0 saturated carbocycles. The third-order valence-corrected chi connectivity index (χ3v) is 9.66. The molecular weight excluding hydrogens is 570 g/mol. The van der Waals surface area contributed by atoms with Crippen LogP contribution in [-0.4, -0.2) is 101 Å². The van der Waals surface area contributed by atoms with E-state index in [9.17, 15) is 9.59 Å². The Balaban J connectivity index is 2.00. The third-order valence-electron chi connectivity index (χ3n) is 9.66. The maximum atomic E-state index is 15.3. The lowest BCUT2D eigenvalue weighted by Crippen LogP contribution is -2.76. The Morgan fingerprint density at radius 2 is 1.36 bits per heavy atom. The molecule has 246 valence electrons. The number of rotatable bonds is 14. The van der Waals surface area contributed by atoms with Gasteiger partial charge in [-0.2, -0.15) is 0 Å². The predicted octanol–water partition coefficient (Wildman–Crippen LogP) is 4.48. The largest absolute Gasteiger partial charge is 0.468 e. The first kappa shape index (κ1) is 34.7. The summed E-state index contributed by atoms with van der Waals surface area (Å²) in [7, 11) is 2.63. The average molecular weight is 622 g/mol. The summed E-state index contributed by atoms with van der Waals surface area (Å²) in [5.41, 5.74) is -2.30. The summed E-state index contributed by atoms with van der Waals surface area (Å²) in [5.74, 6) is -1.81. The van der Waals surface area contributed by atoms with E-state index in [0.29, 0.717) is 43.1 Å². The van der Waals surface area contributed by atoms with E-state index in [1.807, 2.05) is 36.4 Å². The highest BCUT2D eigenvalue weighted by molar-refractivity contribution is 6.17. The van der Waals surface area contributed by atoms with Gasteiger partial charge >= 0.3 is 11.9 Å². The minimum atomic E-state index is -1.73. The molecule has 0 amide bonds. The van der Waals surface area contributed by atoms with Crippen LogP contribution in [0, 0.1) is 10.8 Å². The van der Waals surface area contributed by atoms with E-state index in [2.05, 4.69) is 49.3 Å². The van der Waals surface area contributed by atoms with Gasteiger partial charge in [-0.1, -0.05) is 38.3 Å². The molecule has 2 fully saturated rings. The average Bonchev–Trinajstić information content (AvgIpc) is 3.03. The van der Waals surface area contributed by atoms with Gasteiger partial charge in [0.05, 0.1) is 37.7 Å². The second kappa shape index (κ2) is 14.9. The molecule has 2 aliphatic heterocycles. The normalized spacial score (nSPS) is 25.6. The van der Waals surface area contributed by atoms with E-state index in [1.54, 1.807) is 12.4 Å². The minimum Gasteiger partial charge on any atom is -0.468 e. The van der Waals surface area contributed by atoms with Crippen molar-refractivity contribution in [3.8, 4) is 0 Å². The van der Waals surface area contributed by atoms with Gasteiger partial charge in [-0.25, -0.2) is 0 Å². The smallest absolute Gasteiger partial charge is 0.322 e. The van der Waals surface area contributed by atoms with Gasteiger partial charge < -0.3 is 9.47 Å². The van der Waals surface area contributed by atoms with E-state index in [-0.39, 0.29) is 13.1 Å². The number of ketones is 1. The Labute approximate surface area is 268 Å². The number of ether oxygens (including phenoxy) is 2. The van der Waals surface area contributed by atoms with Gasteiger partial charge in [-0.3, -0.25) is 39.1 Å². The second-order valence-corrected chi connectivity index (χ2v) is 13.0. The number of Topliss-reactive ketones (excluding diaryl/α,β-unsaturated/α-hetero) is 1. The SMILES string of the molecule is CCCCCCN1C(c2ccccn2)C2(C(=O)OC)CN(CCN(C(C)C)C(C)C)CC(C(=O)OC)(C2=O)C1c1ccccn1. The Bertz CT molecular complexity index is 1200. The van der Waals surface area contributed by atoms with Crippen molar-refractivity contribution in [2.45, 2.75) is 84.5 Å². The number of hydrogen-bond acceptors (Lipinski definition) is 10. The molecule has 0 N–H and O–H groups in total. The van der Waals surface area contributed by atoms with Crippen LogP contribution in [-0.2, 0) is 23.9 Å². The number of fused-ring (bicyclic) bond motifs is 2. The molecule has 4 heterocycles. The van der Waals surface area contributed by atoms with Crippen molar-refractivity contribution in [1.29, 1.82) is 0 Å². The lowest BCUT2D eigenvalue weighted by atomic mass is 9.54. The third kappa shape index (κ3) is 6.42. The molecule has 2 aromatic heterocycles. The van der Waals surface area contributed by atoms with E-state index in [1.165, 1.54) is 14.2 Å². The molecule has 45 heavy (non-hydrogen) atoms. The van der Waals surface area contributed by atoms with E-state index >= 15 is 4.79 Å². The molecule has 10 heteroatoms. The summed E-state index contributed by atoms with van der Waals surface area (Å²) < 4.78 is 11.0. The molecule has 2 aromatic rings. The Hall–Kier alpha value is -3.21. The van der Waals surface area contributed by atoms with Gasteiger partial charge in [0.1, 0.15) is 0 Å². The van der Waals surface area contributed by atoms with Gasteiger partial charge in [0.2, 0.25) is 0 Å². The summed E-state index contributed by atoms with van der Waals surface area (Å²) in [6, 6.07) is 10.1. The number of likely N-dealkylation sites (tertiary alicyclic amines) is 2.